The van der Waals surface area contributed by atoms with Crippen molar-refractivity contribution in [2.45, 2.75) is 20.0 Å². The van der Waals surface area contributed by atoms with E-state index in [1.807, 2.05) is 19.9 Å². The molecule has 0 heterocycles. The molecule has 0 bridgehead atoms. The van der Waals surface area contributed by atoms with Crippen LogP contribution in [0.4, 0.5) is 0 Å². The van der Waals surface area contributed by atoms with Gasteiger partial charge in [-0.3, -0.25) is 4.79 Å². The Hall–Kier alpha value is -2.08. The summed E-state index contributed by atoms with van der Waals surface area (Å²) in [7, 11) is 0. The van der Waals surface area contributed by atoms with Crippen LogP contribution in [0, 0.1) is 11.3 Å². The number of carbonyl (C=O) groups is 1. The van der Waals surface area contributed by atoms with Gasteiger partial charge in [0.25, 0.3) is 0 Å². The summed E-state index contributed by atoms with van der Waals surface area (Å²) in [6.07, 6.45) is 2.07. The highest BCUT2D eigenvalue weighted by Crippen LogP contribution is 2.17. The lowest BCUT2D eigenvalue weighted by Crippen LogP contribution is -2.02. The Morgan fingerprint density at radius 2 is 2.00 bits per heavy atom. The second-order valence-corrected chi connectivity index (χ2v) is 3.52. The number of ether oxygens (including phenoxy) is 1. The van der Waals surface area contributed by atoms with E-state index in [0.717, 1.165) is 5.56 Å². The van der Waals surface area contributed by atoms with Gasteiger partial charge in [-0.2, -0.15) is 5.26 Å². The maximum atomic E-state index is 10.5. The molecule has 0 N–H and O–H groups in total. The number of nitrogens with zero attached hydrogens (tertiary/aromatic N) is 1. The highest BCUT2D eigenvalue weighted by atomic mass is 16.5. The minimum Gasteiger partial charge on any atom is -0.490 e. The lowest BCUT2D eigenvalue weighted by atomic mass is 10.1. The number of allylic oxidation sites excluding steroid dienone is 1. The Labute approximate surface area is 95.0 Å². The van der Waals surface area contributed by atoms with Crippen molar-refractivity contribution in [3.8, 4) is 6.07 Å². The fraction of sp³-hybridized carbons (Fsp3) is 0.231. The highest BCUT2D eigenvalue weighted by molar-refractivity contribution is 5.78. The zero-order valence-electron chi connectivity index (χ0n) is 9.31. The van der Waals surface area contributed by atoms with Crippen LogP contribution in [0.3, 0.4) is 0 Å². The molecule has 16 heavy (non-hydrogen) atoms. The molecule has 0 radical (unpaired) electrons. The van der Waals surface area contributed by atoms with Crippen molar-refractivity contribution in [3.05, 3.63) is 41.5 Å². The summed E-state index contributed by atoms with van der Waals surface area (Å²) in [5.41, 5.74) is 1.37. The summed E-state index contributed by atoms with van der Waals surface area (Å²) in [5.74, 6) is 0.523. The van der Waals surface area contributed by atoms with Gasteiger partial charge in [-0.15, -0.1) is 0 Å². The maximum Gasteiger partial charge on any atom is 0.146 e. The van der Waals surface area contributed by atoms with E-state index in [9.17, 15) is 4.79 Å². The van der Waals surface area contributed by atoms with Gasteiger partial charge in [-0.25, -0.2) is 0 Å². The monoisotopic (exact) mass is 215 g/mol. The van der Waals surface area contributed by atoms with E-state index in [0.29, 0.717) is 17.6 Å². The lowest BCUT2D eigenvalue weighted by Gasteiger charge is -2.13. The van der Waals surface area contributed by atoms with Crippen molar-refractivity contribution in [3.63, 3.8) is 0 Å². The molecular weight excluding hydrogens is 202 g/mol. The van der Waals surface area contributed by atoms with Crippen LogP contribution in [0.15, 0.2) is 30.3 Å². The van der Waals surface area contributed by atoms with Crippen LogP contribution in [-0.4, -0.2) is 12.4 Å². The number of rotatable bonds is 4. The molecule has 0 saturated heterocycles. The van der Waals surface area contributed by atoms with Crippen molar-refractivity contribution >= 4 is 12.0 Å². The predicted octanol–water partition coefficient (Wildman–Crippen LogP) is 2.52. The average molecular weight is 215 g/mol. The van der Waals surface area contributed by atoms with E-state index >= 15 is 0 Å². The summed E-state index contributed by atoms with van der Waals surface area (Å²) in [5, 5.41) is 8.66. The zero-order chi connectivity index (χ0) is 12.0. The fourth-order valence-electron chi connectivity index (χ4n) is 1.23. The number of aldehydes is 1. The number of nitriles is 1. The fourth-order valence-corrected chi connectivity index (χ4v) is 1.23. The molecule has 0 atom stereocenters. The number of hydrogen-bond acceptors (Lipinski definition) is 3. The predicted molar refractivity (Wildman–Crippen MR) is 61.4 cm³/mol. The quantitative estimate of drug-likeness (QED) is 0.440. The lowest BCUT2D eigenvalue weighted by molar-refractivity contribution is -0.104. The Morgan fingerprint density at radius 3 is 2.44 bits per heavy atom. The second kappa shape index (κ2) is 5.72. The standard InChI is InChI=1S/C13H13NO2/c1-10(2)16-13(7-8-15)12-5-3-11(9-14)4-6-12/h3-8,10H,1-2H3/b13-7-. The van der Waals surface area contributed by atoms with Gasteiger partial charge in [-0.05, 0) is 38.1 Å². The molecular formula is C13H13NO2. The van der Waals surface area contributed by atoms with Crippen molar-refractivity contribution in [2.24, 2.45) is 0 Å². The van der Waals surface area contributed by atoms with Crippen molar-refractivity contribution in [1.29, 1.82) is 5.26 Å². The number of benzene rings is 1. The second-order valence-electron chi connectivity index (χ2n) is 3.52. The molecule has 0 fully saturated rings. The van der Waals surface area contributed by atoms with Gasteiger partial charge in [0.2, 0.25) is 0 Å². The highest BCUT2D eigenvalue weighted by Gasteiger charge is 2.04. The molecule has 1 aromatic rings. The minimum absolute atomic E-state index is 0.00171. The van der Waals surface area contributed by atoms with E-state index in [-0.39, 0.29) is 6.10 Å². The summed E-state index contributed by atoms with van der Waals surface area (Å²) in [4.78, 5) is 10.5. The van der Waals surface area contributed by atoms with Gasteiger partial charge in [-0.1, -0.05) is 0 Å². The summed E-state index contributed by atoms with van der Waals surface area (Å²) >= 11 is 0. The van der Waals surface area contributed by atoms with Gasteiger partial charge in [0.05, 0.1) is 17.7 Å². The van der Waals surface area contributed by atoms with E-state index < -0.39 is 0 Å². The molecule has 1 aromatic carbocycles. The minimum atomic E-state index is 0.00171. The van der Waals surface area contributed by atoms with Crippen LogP contribution in [0.5, 0.6) is 0 Å². The molecule has 0 saturated carbocycles. The van der Waals surface area contributed by atoms with Gasteiger partial charge in [0.1, 0.15) is 12.0 Å². The van der Waals surface area contributed by atoms with Crippen LogP contribution in [0.25, 0.3) is 5.76 Å². The molecule has 0 unspecified atom stereocenters. The summed E-state index contributed by atoms with van der Waals surface area (Å²) in [6, 6.07) is 8.94. The topological polar surface area (TPSA) is 50.1 Å². The third-order valence-corrected chi connectivity index (χ3v) is 1.88. The van der Waals surface area contributed by atoms with Crippen LogP contribution in [-0.2, 0) is 9.53 Å². The van der Waals surface area contributed by atoms with Crippen LogP contribution in [0.1, 0.15) is 25.0 Å². The van der Waals surface area contributed by atoms with Crippen molar-refractivity contribution in [2.75, 3.05) is 0 Å². The molecule has 3 nitrogen and oxygen atoms in total. The summed E-state index contributed by atoms with van der Waals surface area (Å²) < 4.78 is 5.50. The third kappa shape index (κ3) is 3.25. The number of hydrogen-bond donors (Lipinski definition) is 0. The Morgan fingerprint density at radius 1 is 1.38 bits per heavy atom. The number of carbonyl (C=O) groups excluding carboxylic acids is 1. The largest absolute Gasteiger partial charge is 0.490 e. The molecule has 1 rings (SSSR count). The molecule has 0 aliphatic heterocycles. The molecule has 0 aromatic heterocycles. The Balaban J connectivity index is 2.98. The third-order valence-electron chi connectivity index (χ3n) is 1.88. The first-order chi connectivity index (χ1) is 7.67. The van der Waals surface area contributed by atoms with Crippen LogP contribution < -0.4 is 0 Å². The first kappa shape index (κ1) is 12.0. The SMILES string of the molecule is CC(C)O/C(=C\C=O)c1ccc(C#N)cc1. The Kier molecular flexibility index (Phi) is 4.28. The molecule has 0 aliphatic rings. The first-order valence-corrected chi connectivity index (χ1v) is 5.00. The average Bonchev–Trinajstić information content (AvgIpc) is 2.28. The normalized spacial score (nSPS) is 11.0. The van der Waals surface area contributed by atoms with E-state index in [4.69, 9.17) is 10.00 Å². The molecule has 3 heteroatoms. The van der Waals surface area contributed by atoms with Gasteiger partial charge in [0, 0.05) is 11.6 Å². The van der Waals surface area contributed by atoms with Crippen LogP contribution >= 0.6 is 0 Å². The molecule has 82 valence electrons. The molecule has 0 aliphatic carbocycles. The maximum absolute atomic E-state index is 10.5. The van der Waals surface area contributed by atoms with E-state index in [1.165, 1.54) is 6.08 Å². The van der Waals surface area contributed by atoms with E-state index in [1.54, 1.807) is 24.3 Å². The zero-order valence-corrected chi connectivity index (χ0v) is 9.31. The van der Waals surface area contributed by atoms with Crippen molar-refractivity contribution < 1.29 is 9.53 Å². The Bertz CT molecular complexity index is 424. The van der Waals surface area contributed by atoms with Gasteiger partial charge >= 0.3 is 0 Å². The van der Waals surface area contributed by atoms with Crippen molar-refractivity contribution in [1.82, 2.24) is 0 Å². The van der Waals surface area contributed by atoms with Gasteiger partial charge < -0.3 is 4.74 Å². The van der Waals surface area contributed by atoms with E-state index in [2.05, 4.69) is 0 Å². The summed E-state index contributed by atoms with van der Waals surface area (Å²) in [6.45, 7) is 3.78. The smallest absolute Gasteiger partial charge is 0.146 e. The first-order valence-electron chi connectivity index (χ1n) is 5.00. The van der Waals surface area contributed by atoms with Crippen LogP contribution in [0.2, 0.25) is 0 Å². The molecule has 0 spiro atoms. The van der Waals surface area contributed by atoms with Gasteiger partial charge in [0.15, 0.2) is 0 Å². The molecule has 0 amide bonds.